The summed E-state index contributed by atoms with van der Waals surface area (Å²) in [5.74, 6) is -1.38. The van der Waals surface area contributed by atoms with Gasteiger partial charge in [-0.2, -0.15) is 0 Å². The number of halogens is 1. The molecular formula is C16H21FN2O2. The highest BCUT2D eigenvalue weighted by atomic mass is 19.1. The van der Waals surface area contributed by atoms with Crippen molar-refractivity contribution in [2.75, 3.05) is 32.1 Å². The monoisotopic (exact) mass is 292 g/mol. The van der Waals surface area contributed by atoms with Crippen molar-refractivity contribution in [3.05, 3.63) is 35.7 Å². The molecule has 0 aliphatic carbocycles. The molecule has 1 heterocycles. The average Bonchev–Trinajstić information content (AvgIpc) is 2.44. The van der Waals surface area contributed by atoms with E-state index >= 15 is 0 Å². The number of benzene rings is 1. The van der Waals surface area contributed by atoms with E-state index < -0.39 is 5.97 Å². The predicted molar refractivity (Wildman–Crippen MR) is 82.0 cm³/mol. The minimum atomic E-state index is -1.03. The molecule has 4 nitrogen and oxygen atoms in total. The van der Waals surface area contributed by atoms with Crippen LogP contribution in [0.25, 0.3) is 6.08 Å². The Balaban J connectivity index is 2.12. The van der Waals surface area contributed by atoms with E-state index in [1.165, 1.54) is 18.2 Å². The van der Waals surface area contributed by atoms with Crippen LogP contribution in [0.15, 0.2) is 24.3 Å². The molecule has 21 heavy (non-hydrogen) atoms. The molecule has 1 aliphatic rings. The van der Waals surface area contributed by atoms with Crippen LogP contribution in [0.4, 0.5) is 10.1 Å². The zero-order chi connectivity index (χ0) is 15.4. The van der Waals surface area contributed by atoms with Gasteiger partial charge in [-0.3, -0.25) is 0 Å². The van der Waals surface area contributed by atoms with Crippen molar-refractivity contribution in [3.8, 4) is 0 Å². The van der Waals surface area contributed by atoms with Crippen LogP contribution < -0.4 is 4.90 Å². The summed E-state index contributed by atoms with van der Waals surface area (Å²) in [6, 6.07) is 5.25. The number of rotatable bonds is 4. The number of nitrogens with zero attached hydrogens (tertiary/aromatic N) is 2. The first kappa shape index (κ1) is 15.5. The molecule has 1 saturated heterocycles. The minimum absolute atomic E-state index is 0.340. The fraction of sp³-hybridized carbons (Fsp3) is 0.438. The molecule has 0 amide bonds. The third kappa shape index (κ3) is 4.29. The van der Waals surface area contributed by atoms with E-state index in [2.05, 4.69) is 23.9 Å². The van der Waals surface area contributed by atoms with Gasteiger partial charge in [0.2, 0.25) is 0 Å². The second kappa shape index (κ2) is 6.72. The maximum atomic E-state index is 13.7. The predicted octanol–water partition coefficient (Wildman–Crippen LogP) is 2.45. The molecule has 0 spiro atoms. The van der Waals surface area contributed by atoms with Crippen LogP contribution in [0.2, 0.25) is 0 Å². The second-order valence-corrected chi connectivity index (χ2v) is 5.60. The van der Waals surface area contributed by atoms with E-state index in [9.17, 15) is 9.18 Å². The van der Waals surface area contributed by atoms with Gasteiger partial charge in [-0.25, -0.2) is 9.18 Å². The van der Waals surface area contributed by atoms with Crippen molar-refractivity contribution in [1.29, 1.82) is 0 Å². The fourth-order valence-electron chi connectivity index (χ4n) is 2.68. The summed E-state index contributed by atoms with van der Waals surface area (Å²) < 4.78 is 13.7. The Morgan fingerprint density at radius 1 is 1.33 bits per heavy atom. The number of hydrogen-bond acceptors (Lipinski definition) is 3. The molecule has 1 aromatic rings. The van der Waals surface area contributed by atoms with Gasteiger partial charge in [0.15, 0.2) is 0 Å². The van der Waals surface area contributed by atoms with Crippen LogP contribution in [0.5, 0.6) is 0 Å². The number of carboxylic acids is 1. The van der Waals surface area contributed by atoms with Crippen molar-refractivity contribution in [1.82, 2.24) is 4.90 Å². The van der Waals surface area contributed by atoms with Gasteiger partial charge in [-0.05, 0) is 56.8 Å². The lowest BCUT2D eigenvalue weighted by Gasteiger charge is -2.36. The molecule has 0 radical (unpaired) electrons. The molecule has 1 aromatic carbocycles. The number of hydrogen-bond donors (Lipinski definition) is 1. The average molecular weight is 292 g/mol. The molecule has 1 fully saturated rings. The van der Waals surface area contributed by atoms with E-state index in [4.69, 9.17) is 5.11 Å². The number of carbonyl (C=O) groups is 1. The second-order valence-electron chi connectivity index (χ2n) is 5.60. The molecule has 2 rings (SSSR count). The molecule has 0 bridgehead atoms. The maximum Gasteiger partial charge on any atom is 0.328 e. The summed E-state index contributed by atoms with van der Waals surface area (Å²) in [5, 5.41) is 8.65. The minimum Gasteiger partial charge on any atom is -0.478 e. The molecule has 0 aromatic heterocycles. The van der Waals surface area contributed by atoms with Gasteiger partial charge in [0.05, 0.1) is 0 Å². The van der Waals surface area contributed by atoms with Crippen molar-refractivity contribution < 1.29 is 14.3 Å². The van der Waals surface area contributed by atoms with Gasteiger partial charge in [0.25, 0.3) is 0 Å². The highest BCUT2D eigenvalue weighted by molar-refractivity contribution is 5.85. The fourth-order valence-corrected chi connectivity index (χ4v) is 2.68. The number of anilines is 1. The lowest BCUT2D eigenvalue weighted by atomic mass is 10.0. The quantitative estimate of drug-likeness (QED) is 0.866. The Bertz CT molecular complexity index is 535. The van der Waals surface area contributed by atoms with Gasteiger partial charge in [0.1, 0.15) is 5.82 Å². The number of carboxylic acid groups (broad SMARTS) is 1. The van der Waals surface area contributed by atoms with Crippen LogP contribution in [0.3, 0.4) is 0 Å². The first-order chi connectivity index (χ1) is 9.95. The van der Waals surface area contributed by atoms with Crippen LogP contribution in [0, 0.1) is 5.82 Å². The molecule has 0 atom stereocenters. The Morgan fingerprint density at radius 3 is 2.57 bits per heavy atom. The third-order valence-electron chi connectivity index (χ3n) is 3.88. The van der Waals surface area contributed by atoms with Crippen molar-refractivity contribution >= 4 is 17.7 Å². The van der Waals surface area contributed by atoms with Crippen LogP contribution >= 0.6 is 0 Å². The Labute approximate surface area is 124 Å². The van der Waals surface area contributed by atoms with Crippen molar-refractivity contribution in [3.63, 3.8) is 0 Å². The summed E-state index contributed by atoms with van der Waals surface area (Å²) in [6.45, 7) is 1.77. The van der Waals surface area contributed by atoms with Gasteiger partial charge in [0, 0.05) is 30.9 Å². The highest BCUT2D eigenvalue weighted by Gasteiger charge is 2.21. The first-order valence-electron chi connectivity index (χ1n) is 7.08. The van der Waals surface area contributed by atoms with Crippen molar-refractivity contribution in [2.45, 2.75) is 18.9 Å². The van der Waals surface area contributed by atoms with Crippen LogP contribution in [0.1, 0.15) is 18.4 Å². The van der Waals surface area contributed by atoms with Gasteiger partial charge in [-0.1, -0.05) is 0 Å². The molecule has 0 saturated carbocycles. The van der Waals surface area contributed by atoms with E-state index in [0.29, 0.717) is 11.6 Å². The van der Waals surface area contributed by atoms with Gasteiger partial charge in [-0.15, -0.1) is 0 Å². The molecule has 0 unspecified atom stereocenters. The maximum absolute atomic E-state index is 13.7. The number of piperidine rings is 1. The molecule has 1 aliphatic heterocycles. The zero-order valence-corrected chi connectivity index (χ0v) is 12.4. The van der Waals surface area contributed by atoms with Crippen LogP contribution in [-0.4, -0.2) is 49.2 Å². The van der Waals surface area contributed by atoms with Gasteiger partial charge < -0.3 is 14.9 Å². The summed E-state index contributed by atoms with van der Waals surface area (Å²) in [6.07, 6.45) is 4.53. The zero-order valence-electron chi connectivity index (χ0n) is 12.4. The highest BCUT2D eigenvalue weighted by Crippen LogP contribution is 2.24. The standard InChI is InChI=1S/C16H21FN2O2/c1-18(2)14-5-7-19(8-6-14)15-10-12(3-4-16(20)21)9-13(17)11-15/h3-4,9-11,14H,5-8H2,1-2H3,(H,20,21)/b4-3+. The smallest absolute Gasteiger partial charge is 0.328 e. The summed E-state index contributed by atoms with van der Waals surface area (Å²) >= 11 is 0. The Hall–Kier alpha value is -1.88. The SMILES string of the molecule is CN(C)C1CCN(c2cc(F)cc(/C=C/C(=O)O)c2)CC1. The normalized spacial score (nSPS) is 16.9. The Morgan fingerprint density at radius 2 is 2.00 bits per heavy atom. The molecule has 1 N–H and O–H groups in total. The molecule has 5 heteroatoms. The van der Waals surface area contributed by atoms with Gasteiger partial charge >= 0.3 is 5.97 Å². The lowest BCUT2D eigenvalue weighted by molar-refractivity contribution is -0.131. The molecule has 114 valence electrons. The number of aliphatic carboxylic acids is 1. The molecular weight excluding hydrogens is 271 g/mol. The summed E-state index contributed by atoms with van der Waals surface area (Å²) in [4.78, 5) is 14.9. The van der Waals surface area contributed by atoms with E-state index in [1.807, 2.05) is 6.07 Å². The first-order valence-corrected chi connectivity index (χ1v) is 7.08. The summed E-state index contributed by atoms with van der Waals surface area (Å²) in [7, 11) is 4.16. The lowest BCUT2D eigenvalue weighted by Crippen LogP contribution is -2.42. The largest absolute Gasteiger partial charge is 0.478 e. The van der Waals surface area contributed by atoms with Crippen LogP contribution in [-0.2, 0) is 4.79 Å². The third-order valence-corrected chi connectivity index (χ3v) is 3.88. The topological polar surface area (TPSA) is 43.8 Å². The van der Waals surface area contributed by atoms with E-state index in [0.717, 1.165) is 37.7 Å². The Kier molecular flexibility index (Phi) is 4.96. The van der Waals surface area contributed by atoms with E-state index in [-0.39, 0.29) is 5.82 Å². The van der Waals surface area contributed by atoms with E-state index in [1.54, 1.807) is 0 Å². The summed E-state index contributed by atoms with van der Waals surface area (Å²) in [5.41, 5.74) is 1.39. The van der Waals surface area contributed by atoms with Crippen molar-refractivity contribution in [2.24, 2.45) is 0 Å².